The average molecular weight is 316 g/mol. The van der Waals surface area contributed by atoms with E-state index >= 15 is 0 Å². The van der Waals surface area contributed by atoms with Crippen LogP contribution in [0.15, 0.2) is 48.5 Å². The molecule has 2 aliphatic rings. The predicted molar refractivity (Wildman–Crippen MR) is 99.1 cm³/mol. The van der Waals surface area contributed by atoms with E-state index in [0.717, 1.165) is 23.8 Å². The summed E-state index contributed by atoms with van der Waals surface area (Å²) in [5, 5.41) is 0. The van der Waals surface area contributed by atoms with Crippen LogP contribution in [-0.4, -0.2) is 9.55 Å². The van der Waals surface area contributed by atoms with Crippen LogP contribution >= 0.6 is 0 Å². The lowest BCUT2D eigenvalue weighted by Gasteiger charge is -2.31. The van der Waals surface area contributed by atoms with Crippen molar-refractivity contribution < 1.29 is 0 Å². The number of hydrogen-bond donors (Lipinski definition) is 0. The maximum absolute atomic E-state index is 4.94. The first-order valence-corrected chi connectivity index (χ1v) is 9.45. The fraction of sp³-hybridized carbons (Fsp3) is 0.409. The van der Waals surface area contributed by atoms with Gasteiger partial charge in [-0.25, -0.2) is 4.98 Å². The topological polar surface area (TPSA) is 17.8 Å². The van der Waals surface area contributed by atoms with Crippen LogP contribution in [0.5, 0.6) is 0 Å². The standard InChI is InChI=1S/C22H24N2/c1-2-8-16(9-3-1)14-17-15-24-21-13-7-6-12-20(21)23-22(24)19-11-5-4-10-18(17)19/h4-7,10-13,16-17H,1-3,8-9,14-15H2. The largest absolute Gasteiger partial charge is 0.323 e. The van der Waals surface area contributed by atoms with Crippen molar-refractivity contribution >= 4 is 11.0 Å². The highest BCUT2D eigenvalue weighted by molar-refractivity contribution is 5.82. The zero-order valence-corrected chi connectivity index (χ0v) is 14.1. The molecule has 0 amide bonds. The molecule has 3 aromatic rings. The number of aromatic nitrogens is 2. The second-order valence-electron chi connectivity index (χ2n) is 7.56. The summed E-state index contributed by atoms with van der Waals surface area (Å²) >= 11 is 0. The normalized spacial score (nSPS) is 20.8. The van der Waals surface area contributed by atoms with Crippen LogP contribution in [0.3, 0.4) is 0 Å². The Morgan fingerprint density at radius 3 is 2.62 bits per heavy atom. The summed E-state index contributed by atoms with van der Waals surface area (Å²) in [5.41, 5.74) is 5.28. The van der Waals surface area contributed by atoms with Crippen molar-refractivity contribution in [3.05, 3.63) is 54.1 Å². The number of imidazole rings is 1. The third kappa shape index (κ3) is 2.28. The molecule has 2 aromatic carbocycles. The summed E-state index contributed by atoms with van der Waals surface area (Å²) < 4.78 is 2.46. The van der Waals surface area contributed by atoms with Gasteiger partial charge in [-0.1, -0.05) is 68.5 Å². The molecule has 2 heteroatoms. The SMILES string of the molecule is c1ccc2c(c1)-c1nc3ccccc3n1CC2CC1CCCCC1. The van der Waals surface area contributed by atoms with Gasteiger partial charge in [0, 0.05) is 18.0 Å². The lowest BCUT2D eigenvalue weighted by Crippen LogP contribution is -2.20. The van der Waals surface area contributed by atoms with E-state index in [9.17, 15) is 0 Å². The van der Waals surface area contributed by atoms with Crippen LogP contribution < -0.4 is 0 Å². The van der Waals surface area contributed by atoms with E-state index in [1.807, 2.05) is 0 Å². The Kier molecular flexibility index (Phi) is 3.43. The van der Waals surface area contributed by atoms with Gasteiger partial charge in [0.15, 0.2) is 0 Å². The highest BCUT2D eigenvalue weighted by Gasteiger charge is 2.29. The highest BCUT2D eigenvalue weighted by Crippen LogP contribution is 2.42. The first kappa shape index (κ1) is 14.3. The van der Waals surface area contributed by atoms with E-state index in [-0.39, 0.29) is 0 Å². The minimum atomic E-state index is 0.634. The van der Waals surface area contributed by atoms with Crippen molar-refractivity contribution in [1.82, 2.24) is 9.55 Å². The molecule has 1 aliphatic carbocycles. The van der Waals surface area contributed by atoms with Gasteiger partial charge in [-0.2, -0.15) is 0 Å². The zero-order chi connectivity index (χ0) is 15.9. The molecule has 2 nitrogen and oxygen atoms in total. The third-order valence-electron chi connectivity index (χ3n) is 6.04. The van der Waals surface area contributed by atoms with Crippen molar-refractivity contribution in [2.45, 2.75) is 51.0 Å². The molecule has 5 rings (SSSR count). The van der Waals surface area contributed by atoms with Gasteiger partial charge in [0.25, 0.3) is 0 Å². The molecule has 1 fully saturated rings. The van der Waals surface area contributed by atoms with Crippen LogP contribution in [0.4, 0.5) is 0 Å². The molecule has 1 aliphatic heterocycles. The van der Waals surface area contributed by atoms with Crippen LogP contribution in [-0.2, 0) is 6.54 Å². The van der Waals surface area contributed by atoms with Gasteiger partial charge in [-0.05, 0) is 30.0 Å². The first-order chi connectivity index (χ1) is 11.9. The smallest absolute Gasteiger partial charge is 0.141 e. The van der Waals surface area contributed by atoms with Gasteiger partial charge in [0.05, 0.1) is 11.0 Å². The Morgan fingerprint density at radius 1 is 0.917 bits per heavy atom. The van der Waals surface area contributed by atoms with Gasteiger partial charge in [0.2, 0.25) is 0 Å². The molecule has 1 atom stereocenters. The zero-order valence-electron chi connectivity index (χ0n) is 14.1. The van der Waals surface area contributed by atoms with Crippen molar-refractivity contribution in [3.8, 4) is 11.4 Å². The summed E-state index contributed by atoms with van der Waals surface area (Å²) in [4.78, 5) is 4.94. The van der Waals surface area contributed by atoms with Gasteiger partial charge < -0.3 is 4.57 Å². The van der Waals surface area contributed by atoms with Crippen molar-refractivity contribution in [2.24, 2.45) is 5.92 Å². The second kappa shape index (κ2) is 5.77. The third-order valence-corrected chi connectivity index (χ3v) is 6.04. The van der Waals surface area contributed by atoms with E-state index in [0.29, 0.717) is 5.92 Å². The first-order valence-electron chi connectivity index (χ1n) is 9.45. The fourth-order valence-electron chi connectivity index (χ4n) is 4.87. The van der Waals surface area contributed by atoms with Gasteiger partial charge in [0.1, 0.15) is 5.82 Å². The fourth-order valence-corrected chi connectivity index (χ4v) is 4.87. The monoisotopic (exact) mass is 316 g/mol. The van der Waals surface area contributed by atoms with Crippen LogP contribution in [0.25, 0.3) is 22.4 Å². The number of nitrogens with zero attached hydrogens (tertiary/aromatic N) is 2. The Balaban J connectivity index is 1.59. The number of fused-ring (bicyclic) bond motifs is 5. The molecular weight excluding hydrogens is 292 g/mol. The van der Waals surface area contributed by atoms with E-state index < -0.39 is 0 Å². The molecule has 0 radical (unpaired) electrons. The maximum Gasteiger partial charge on any atom is 0.141 e. The van der Waals surface area contributed by atoms with Crippen LogP contribution in [0.1, 0.15) is 50.0 Å². The number of hydrogen-bond acceptors (Lipinski definition) is 1. The predicted octanol–water partition coefficient (Wildman–Crippen LogP) is 5.77. The Morgan fingerprint density at radius 2 is 1.71 bits per heavy atom. The summed E-state index contributed by atoms with van der Waals surface area (Å²) in [5.74, 6) is 2.70. The molecule has 0 spiro atoms. The number of benzene rings is 2. The summed E-state index contributed by atoms with van der Waals surface area (Å²) in [6, 6.07) is 17.5. The Bertz CT molecular complexity index is 871. The molecule has 1 unspecified atom stereocenters. The minimum absolute atomic E-state index is 0.634. The lowest BCUT2D eigenvalue weighted by atomic mass is 9.78. The van der Waals surface area contributed by atoms with E-state index in [2.05, 4.69) is 53.1 Å². The van der Waals surface area contributed by atoms with E-state index in [1.165, 1.54) is 55.2 Å². The average Bonchev–Trinajstić information content (AvgIpc) is 3.02. The molecule has 1 saturated carbocycles. The van der Waals surface area contributed by atoms with Gasteiger partial charge >= 0.3 is 0 Å². The van der Waals surface area contributed by atoms with Gasteiger partial charge in [-0.15, -0.1) is 0 Å². The van der Waals surface area contributed by atoms with E-state index in [1.54, 1.807) is 0 Å². The van der Waals surface area contributed by atoms with Crippen molar-refractivity contribution in [2.75, 3.05) is 0 Å². The Hall–Kier alpha value is -2.09. The lowest BCUT2D eigenvalue weighted by molar-refractivity contribution is 0.306. The molecule has 0 N–H and O–H groups in total. The molecule has 0 bridgehead atoms. The van der Waals surface area contributed by atoms with Crippen LogP contribution in [0, 0.1) is 5.92 Å². The summed E-state index contributed by atoms with van der Waals surface area (Å²) in [6.07, 6.45) is 8.49. The van der Waals surface area contributed by atoms with Crippen molar-refractivity contribution in [3.63, 3.8) is 0 Å². The summed E-state index contributed by atoms with van der Waals surface area (Å²) in [7, 11) is 0. The number of para-hydroxylation sites is 2. The molecule has 0 saturated heterocycles. The molecule has 24 heavy (non-hydrogen) atoms. The molecule has 1 aromatic heterocycles. The molecular formula is C22H24N2. The van der Waals surface area contributed by atoms with Crippen LogP contribution in [0.2, 0.25) is 0 Å². The second-order valence-corrected chi connectivity index (χ2v) is 7.56. The Labute approximate surface area is 143 Å². The molecule has 2 heterocycles. The number of rotatable bonds is 2. The van der Waals surface area contributed by atoms with Crippen molar-refractivity contribution in [1.29, 1.82) is 0 Å². The minimum Gasteiger partial charge on any atom is -0.323 e. The summed E-state index contributed by atoms with van der Waals surface area (Å²) in [6.45, 7) is 1.09. The van der Waals surface area contributed by atoms with Gasteiger partial charge in [-0.3, -0.25) is 0 Å². The highest BCUT2D eigenvalue weighted by atomic mass is 15.1. The maximum atomic E-state index is 4.94. The molecule has 122 valence electrons. The van der Waals surface area contributed by atoms with E-state index in [4.69, 9.17) is 4.98 Å². The quantitative estimate of drug-likeness (QED) is 0.587.